The molecule has 0 amide bonds. The first-order valence-corrected chi connectivity index (χ1v) is 7.30. The molecule has 0 saturated heterocycles. The van der Waals surface area contributed by atoms with Gasteiger partial charge in [0.05, 0.1) is 5.02 Å². The molecule has 1 nitrogen and oxygen atoms in total. The molecule has 0 aliphatic heterocycles. The van der Waals surface area contributed by atoms with Gasteiger partial charge in [-0.3, -0.25) is 0 Å². The molecule has 1 aromatic rings. The lowest BCUT2D eigenvalue weighted by atomic mass is 10.2. The summed E-state index contributed by atoms with van der Waals surface area (Å²) in [6.45, 7) is 3.14. The van der Waals surface area contributed by atoms with E-state index in [4.69, 9.17) is 11.6 Å². The van der Waals surface area contributed by atoms with E-state index in [9.17, 15) is 0 Å². The molecule has 1 aliphatic rings. The summed E-state index contributed by atoms with van der Waals surface area (Å²) in [7, 11) is 0. The fourth-order valence-corrected chi connectivity index (χ4v) is 2.68. The molecule has 16 heavy (non-hydrogen) atoms. The number of halogens is 1. The molecule has 1 saturated carbocycles. The third kappa shape index (κ3) is 3.69. The van der Waals surface area contributed by atoms with E-state index in [1.807, 2.05) is 11.8 Å². The molecule has 0 spiro atoms. The topological polar surface area (TPSA) is 12.0 Å². The van der Waals surface area contributed by atoms with Crippen LogP contribution in [0, 0.1) is 0 Å². The van der Waals surface area contributed by atoms with Crippen LogP contribution in [-0.4, -0.2) is 11.8 Å². The van der Waals surface area contributed by atoms with Gasteiger partial charge in [0.25, 0.3) is 0 Å². The predicted octanol–water partition coefficient (Wildman–Crippen LogP) is 4.09. The maximum atomic E-state index is 6.25. The smallest absolute Gasteiger partial charge is 0.0545 e. The van der Waals surface area contributed by atoms with Crippen LogP contribution in [0.4, 0.5) is 0 Å². The number of hydrogen-bond donors (Lipinski definition) is 1. The van der Waals surface area contributed by atoms with Gasteiger partial charge in [0.15, 0.2) is 0 Å². The van der Waals surface area contributed by atoms with Crippen LogP contribution < -0.4 is 5.32 Å². The molecule has 1 fully saturated rings. The van der Waals surface area contributed by atoms with E-state index in [2.05, 4.69) is 30.4 Å². The van der Waals surface area contributed by atoms with Crippen molar-refractivity contribution in [1.29, 1.82) is 0 Å². The Morgan fingerprint density at radius 2 is 2.25 bits per heavy atom. The highest BCUT2D eigenvalue weighted by molar-refractivity contribution is 7.99. The minimum absolute atomic E-state index is 0.757. The second-order valence-corrected chi connectivity index (χ2v) is 5.81. The quantitative estimate of drug-likeness (QED) is 0.769. The van der Waals surface area contributed by atoms with E-state index >= 15 is 0 Å². The van der Waals surface area contributed by atoms with Crippen molar-refractivity contribution in [3.8, 4) is 0 Å². The van der Waals surface area contributed by atoms with Crippen LogP contribution in [0.5, 0.6) is 0 Å². The van der Waals surface area contributed by atoms with Crippen LogP contribution in [-0.2, 0) is 6.54 Å². The fourth-order valence-electron chi connectivity index (χ4n) is 1.53. The van der Waals surface area contributed by atoms with Gasteiger partial charge in [-0.1, -0.05) is 24.6 Å². The van der Waals surface area contributed by atoms with Crippen molar-refractivity contribution in [2.45, 2.75) is 43.7 Å². The normalized spacial score (nSPS) is 15.4. The van der Waals surface area contributed by atoms with Gasteiger partial charge >= 0.3 is 0 Å². The minimum Gasteiger partial charge on any atom is -0.310 e. The Morgan fingerprint density at radius 3 is 2.88 bits per heavy atom. The first-order valence-electron chi connectivity index (χ1n) is 5.94. The maximum Gasteiger partial charge on any atom is 0.0545 e. The summed E-state index contributed by atoms with van der Waals surface area (Å²) in [5, 5.41) is 4.39. The molecule has 88 valence electrons. The lowest BCUT2D eigenvalue weighted by Crippen LogP contribution is -2.15. The number of thioether (sulfide) groups is 1. The van der Waals surface area contributed by atoms with E-state index in [-0.39, 0.29) is 0 Å². The Morgan fingerprint density at radius 1 is 1.44 bits per heavy atom. The van der Waals surface area contributed by atoms with Crippen molar-refractivity contribution >= 4 is 23.4 Å². The average molecular weight is 256 g/mol. The van der Waals surface area contributed by atoms with E-state index in [1.165, 1.54) is 29.7 Å². The summed E-state index contributed by atoms with van der Waals surface area (Å²) in [6.07, 6.45) is 3.85. The van der Waals surface area contributed by atoms with Gasteiger partial charge in [-0.15, -0.1) is 11.8 Å². The van der Waals surface area contributed by atoms with E-state index < -0.39 is 0 Å². The molecule has 0 bridgehead atoms. The van der Waals surface area contributed by atoms with E-state index in [0.717, 1.165) is 23.4 Å². The third-order valence-electron chi connectivity index (χ3n) is 2.63. The second kappa shape index (κ2) is 5.95. The zero-order valence-electron chi connectivity index (χ0n) is 9.63. The van der Waals surface area contributed by atoms with Crippen LogP contribution in [0.25, 0.3) is 0 Å². The van der Waals surface area contributed by atoms with Gasteiger partial charge in [0, 0.05) is 17.5 Å². The summed E-state index contributed by atoms with van der Waals surface area (Å²) in [4.78, 5) is 1.21. The Bertz CT molecular complexity index is 350. The third-order valence-corrected chi connectivity index (χ3v) is 4.33. The highest BCUT2D eigenvalue weighted by atomic mass is 35.5. The van der Waals surface area contributed by atoms with Crippen molar-refractivity contribution in [3.05, 3.63) is 28.8 Å². The molecule has 2 rings (SSSR count). The Labute approximate surface area is 107 Å². The Balaban J connectivity index is 1.91. The van der Waals surface area contributed by atoms with Gasteiger partial charge in [0.2, 0.25) is 0 Å². The van der Waals surface area contributed by atoms with Crippen molar-refractivity contribution in [2.24, 2.45) is 0 Å². The largest absolute Gasteiger partial charge is 0.310 e. The monoisotopic (exact) mass is 255 g/mol. The molecule has 1 aliphatic carbocycles. The molecular formula is C13H18ClNS. The van der Waals surface area contributed by atoms with Crippen LogP contribution in [0.3, 0.4) is 0 Å². The van der Waals surface area contributed by atoms with Gasteiger partial charge < -0.3 is 5.32 Å². The first kappa shape index (κ1) is 12.3. The molecule has 0 aromatic heterocycles. The standard InChI is InChI=1S/C13H18ClNS/c1-2-7-16-13-6-3-10(8-12(13)14)9-15-11-4-5-11/h3,6,8,11,15H,2,4-5,7,9H2,1H3. The van der Waals surface area contributed by atoms with Crippen LogP contribution in [0.1, 0.15) is 31.7 Å². The van der Waals surface area contributed by atoms with Gasteiger partial charge in [-0.05, 0) is 42.7 Å². The second-order valence-electron chi connectivity index (χ2n) is 4.27. The molecule has 0 heterocycles. The minimum atomic E-state index is 0.757. The molecular weight excluding hydrogens is 238 g/mol. The molecule has 1 N–H and O–H groups in total. The Kier molecular flexibility index (Phi) is 4.56. The zero-order chi connectivity index (χ0) is 11.4. The summed E-state index contributed by atoms with van der Waals surface area (Å²) in [5.74, 6) is 1.14. The van der Waals surface area contributed by atoms with Gasteiger partial charge in [0.1, 0.15) is 0 Å². The van der Waals surface area contributed by atoms with E-state index in [0.29, 0.717) is 0 Å². The summed E-state index contributed by atoms with van der Waals surface area (Å²) >= 11 is 8.09. The highest BCUT2D eigenvalue weighted by Gasteiger charge is 2.19. The van der Waals surface area contributed by atoms with Gasteiger partial charge in [-0.2, -0.15) is 0 Å². The SMILES string of the molecule is CCCSc1ccc(CNC2CC2)cc1Cl. The summed E-state index contributed by atoms with van der Waals surface area (Å²) < 4.78 is 0. The van der Waals surface area contributed by atoms with Crippen molar-refractivity contribution in [3.63, 3.8) is 0 Å². The molecule has 0 radical (unpaired) electrons. The Hall–Kier alpha value is -0.180. The molecule has 3 heteroatoms. The van der Waals surface area contributed by atoms with Crippen molar-refractivity contribution in [1.82, 2.24) is 5.32 Å². The first-order chi connectivity index (χ1) is 7.79. The van der Waals surface area contributed by atoms with Crippen molar-refractivity contribution < 1.29 is 0 Å². The zero-order valence-corrected chi connectivity index (χ0v) is 11.2. The average Bonchev–Trinajstić information content (AvgIpc) is 3.09. The number of hydrogen-bond acceptors (Lipinski definition) is 2. The number of rotatable bonds is 6. The van der Waals surface area contributed by atoms with Gasteiger partial charge in [-0.25, -0.2) is 0 Å². The molecule has 0 atom stereocenters. The highest BCUT2D eigenvalue weighted by Crippen LogP contribution is 2.28. The van der Waals surface area contributed by atoms with E-state index in [1.54, 1.807) is 0 Å². The molecule has 0 unspecified atom stereocenters. The summed E-state index contributed by atoms with van der Waals surface area (Å²) in [5.41, 5.74) is 1.29. The molecule has 1 aromatic carbocycles. The van der Waals surface area contributed by atoms with Crippen LogP contribution in [0.15, 0.2) is 23.1 Å². The number of nitrogens with one attached hydrogen (secondary N) is 1. The fraction of sp³-hybridized carbons (Fsp3) is 0.538. The summed E-state index contributed by atoms with van der Waals surface area (Å²) in [6, 6.07) is 7.17. The number of benzene rings is 1. The van der Waals surface area contributed by atoms with Crippen LogP contribution >= 0.6 is 23.4 Å². The lowest BCUT2D eigenvalue weighted by molar-refractivity contribution is 0.687. The maximum absolute atomic E-state index is 6.25. The van der Waals surface area contributed by atoms with Crippen LogP contribution in [0.2, 0.25) is 5.02 Å². The lowest BCUT2D eigenvalue weighted by Gasteiger charge is -2.07. The predicted molar refractivity (Wildman–Crippen MR) is 72.3 cm³/mol. The van der Waals surface area contributed by atoms with Crippen molar-refractivity contribution in [2.75, 3.05) is 5.75 Å².